The third-order valence-electron chi connectivity index (χ3n) is 4.30. The van der Waals surface area contributed by atoms with E-state index in [9.17, 15) is 18.0 Å². The van der Waals surface area contributed by atoms with Gasteiger partial charge in [-0.05, 0) is 32.4 Å². The number of rotatable bonds is 7. The summed E-state index contributed by atoms with van der Waals surface area (Å²) in [5.74, 6) is -0.554. The molecule has 2 unspecified atom stereocenters. The van der Waals surface area contributed by atoms with Crippen LogP contribution in [0.25, 0.3) is 0 Å². The number of hydrogen-bond acceptors (Lipinski definition) is 8. The molecule has 0 aromatic carbocycles. The van der Waals surface area contributed by atoms with Crippen molar-refractivity contribution in [1.82, 2.24) is 15.1 Å². The molecule has 2 rings (SSSR count). The van der Waals surface area contributed by atoms with E-state index in [-0.39, 0.29) is 29.2 Å². The predicted octanol–water partition coefficient (Wildman–Crippen LogP) is 0.533. The van der Waals surface area contributed by atoms with Gasteiger partial charge in [-0.3, -0.25) is 9.59 Å². The van der Waals surface area contributed by atoms with Crippen LogP contribution in [0, 0.1) is 0 Å². The third-order valence-corrected chi connectivity index (χ3v) is 6.26. The molecule has 1 aliphatic rings. The van der Waals surface area contributed by atoms with Gasteiger partial charge >= 0.3 is 5.97 Å². The lowest BCUT2D eigenvalue weighted by atomic mass is 10.2. The van der Waals surface area contributed by atoms with Gasteiger partial charge in [-0.2, -0.15) is 0 Å². The molecule has 9 nitrogen and oxygen atoms in total. The second-order valence-electron chi connectivity index (χ2n) is 6.38. The summed E-state index contributed by atoms with van der Waals surface area (Å²) in [6.07, 6.45) is -0.606. The lowest BCUT2D eigenvalue weighted by Gasteiger charge is -2.29. The minimum Gasteiger partial charge on any atom is -0.451 e. The Kier molecular flexibility index (Phi) is 6.99. The lowest BCUT2D eigenvalue weighted by molar-refractivity contribution is -0.158. The lowest BCUT2D eigenvalue weighted by Crippen LogP contribution is -2.47. The molecule has 0 bridgehead atoms. The number of carbonyl (C=O) groups excluding carboxylic acids is 2. The maximum atomic E-state index is 12.6. The molecule has 2 atom stereocenters. The van der Waals surface area contributed by atoms with Crippen molar-refractivity contribution in [3.05, 3.63) is 17.3 Å². The van der Waals surface area contributed by atoms with Crippen molar-refractivity contribution in [2.24, 2.45) is 0 Å². The summed E-state index contributed by atoms with van der Waals surface area (Å²) >= 11 is 5.68. The number of nitrogens with zero attached hydrogens (tertiary/aromatic N) is 4. The molecule has 27 heavy (non-hydrogen) atoms. The van der Waals surface area contributed by atoms with Crippen LogP contribution in [-0.4, -0.2) is 79.2 Å². The molecular formula is C16H23ClN4O5S. The Hall–Kier alpha value is -1.94. The summed E-state index contributed by atoms with van der Waals surface area (Å²) in [6.45, 7) is 3.47. The first-order valence-electron chi connectivity index (χ1n) is 8.53. The van der Waals surface area contributed by atoms with E-state index >= 15 is 0 Å². The average Bonchev–Trinajstić information content (AvgIpc) is 2.95. The normalized spacial score (nSPS) is 19.3. The summed E-state index contributed by atoms with van der Waals surface area (Å²) in [5.41, 5.74) is 0. The number of sulfone groups is 1. The van der Waals surface area contributed by atoms with Gasteiger partial charge in [0, 0.05) is 19.6 Å². The van der Waals surface area contributed by atoms with Gasteiger partial charge in [-0.15, -0.1) is 10.2 Å². The Morgan fingerprint density at radius 3 is 2.59 bits per heavy atom. The van der Waals surface area contributed by atoms with Gasteiger partial charge in [-0.25, -0.2) is 8.42 Å². The Morgan fingerprint density at radius 2 is 2.07 bits per heavy atom. The van der Waals surface area contributed by atoms with Crippen molar-refractivity contribution in [3.8, 4) is 0 Å². The van der Waals surface area contributed by atoms with Crippen molar-refractivity contribution >= 4 is 39.1 Å². The largest absolute Gasteiger partial charge is 0.451 e. The monoisotopic (exact) mass is 418 g/mol. The molecule has 150 valence electrons. The van der Waals surface area contributed by atoms with Crippen molar-refractivity contribution < 1.29 is 22.7 Å². The van der Waals surface area contributed by atoms with Crippen molar-refractivity contribution in [3.63, 3.8) is 0 Å². The fourth-order valence-corrected chi connectivity index (χ4v) is 4.75. The fraction of sp³-hybridized carbons (Fsp3) is 0.625. The SMILES string of the molecule is CCN(C(=O)C(C)OC(=O)CN(C)c1ccc(Cl)nn1)C1CCS(=O)(=O)C1. The molecule has 1 aromatic rings. The number of amides is 1. The van der Waals surface area contributed by atoms with Gasteiger partial charge in [-0.1, -0.05) is 11.6 Å². The van der Waals surface area contributed by atoms with Crippen LogP contribution >= 0.6 is 11.6 Å². The Morgan fingerprint density at radius 1 is 1.37 bits per heavy atom. The number of ether oxygens (including phenoxy) is 1. The highest BCUT2D eigenvalue weighted by atomic mass is 35.5. The second kappa shape index (κ2) is 8.83. The zero-order chi connectivity index (χ0) is 20.2. The molecule has 0 aliphatic carbocycles. The first-order valence-corrected chi connectivity index (χ1v) is 10.7. The zero-order valence-corrected chi connectivity index (χ0v) is 17.0. The van der Waals surface area contributed by atoms with E-state index in [1.165, 1.54) is 16.7 Å². The highest BCUT2D eigenvalue weighted by Gasteiger charge is 2.36. The maximum absolute atomic E-state index is 12.6. The standard InChI is InChI=1S/C16H23ClN4O5S/c1-4-21(12-7-8-27(24,25)10-12)16(23)11(2)26-15(22)9-20(3)14-6-5-13(17)18-19-14/h5-6,11-12H,4,7-10H2,1-3H3. The van der Waals surface area contributed by atoms with E-state index in [2.05, 4.69) is 10.2 Å². The number of hydrogen-bond donors (Lipinski definition) is 0. The van der Waals surface area contributed by atoms with Crippen molar-refractivity contribution in [1.29, 1.82) is 0 Å². The summed E-state index contributed by atoms with van der Waals surface area (Å²) in [5, 5.41) is 7.79. The Balaban J connectivity index is 1.92. The predicted molar refractivity (Wildman–Crippen MR) is 100 cm³/mol. The molecule has 0 spiro atoms. The molecule has 1 aliphatic heterocycles. The first-order chi connectivity index (χ1) is 12.6. The topological polar surface area (TPSA) is 110 Å². The Bertz CT molecular complexity index is 787. The number of halogens is 1. The molecule has 1 fully saturated rings. The summed E-state index contributed by atoms with van der Waals surface area (Å²) in [4.78, 5) is 27.7. The van der Waals surface area contributed by atoms with Gasteiger partial charge in [0.2, 0.25) is 0 Å². The molecule has 0 N–H and O–H groups in total. The molecule has 11 heteroatoms. The van der Waals surface area contributed by atoms with E-state index in [1.807, 2.05) is 0 Å². The summed E-state index contributed by atoms with van der Waals surface area (Å²) in [7, 11) is -1.48. The van der Waals surface area contributed by atoms with E-state index in [1.54, 1.807) is 26.1 Å². The minimum absolute atomic E-state index is 0.0504. The highest BCUT2D eigenvalue weighted by Crippen LogP contribution is 2.19. The van der Waals surface area contributed by atoms with Crippen LogP contribution < -0.4 is 4.90 Å². The Labute approximate surface area is 163 Å². The maximum Gasteiger partial charge on any atom is 0.326 e. The number of aromatic nitrogens is 2. The molecule has 0 radical (unpaired) electrons. The van der Waals surface area contributed by atoms with Gasteiger partial charge in [0.15, 0.2) is 26.9 Å². The van der Waals surface area contributed by atoms with Crippen LogP contribution in [0.15, 0.2) is 12.1 Å². The van der Waals surface area contributed by atoms with Gasteiger partial charge < -0.3 is 14.5 Å². The highest BCUT2D eigenvalue weighted by molar-refractivity contribution is 7.91. The van der Waals surface area contributed by atoms with Crippen molar-refractivity contribution in [2.75, 3.05) is 36.5 Å². The number of likely N-dealkylation sites (N-methyl/N-ethyl adjacent to an activating group) is 2. The van der Waals surface area contributed by atoms with Gasteiger partial charge in [0.05, 0.1) is 11.5 Å². The van der Waals surface area contributed by atoms with Crippen LogP contribution in [0.4, 0.5) is 5.82 Å². The quantitative estimate of drug-likeness (QED) is 0.590. The van der Waals surface area contributed by atoms with Crippen LogP contribution in [0.2, 0.25) is 5.15 Å². The van der Waals surface area contributed by atoms with Crippen LogP contribution in [0.5, 0.6) is 0 Å². The van der Waals surface area contributed by atoms with Crippen LogP contribution in [0.1, 0.15) is 20.3 Å². The third kappa shape index (κ3) is 5.77. The fourth-order valence-electron chi connectivity index (χ4n) is 2.92. The summed E-state index contributed by atoms with van der Waals surface area (Å²) in [6, 6.07) is 2.78. The molecule has 1 amide bonds. The minimum atomic E-state index is -3.11. The van der Waals surface area contributed by atoms with E-state index in [4.69, 9.17) is 16.3 Å². The van der Waals surface area contributed by atoms with Gasteiger partial charge in [0.1, 0.15) is 6.54 Å². The van der Waals surface area contributed by atoms with E-state index in [0.717, 1.165) is 0 Å². The van der Waals surface area contributed by atoms with Crippen LogP contribution in [0.3, 0.4) is 0 Å². The number of anilines is 1. The van der Waals surface area contributed by atoms with Crippen molar-refractivity contribution in [2.45, 2.75) is 32.4 Å². The molecular weight excluding hydrogens is 396 g/mol. The smallest absolute Gasteiger partial charge is 0.326 e. The molecule has 1 saturated heterocycles. The second-order valence-corrected chi connectivity index (χ2v) is 9.00. The number of esters is 1. The van der Waals surface area contributed by atoms with Crippen LogP contribution in [-0.2, 0) is 24.2 Å². The molecule has 2 heterocycles. The molecule has 0 saturated carbocycles. The molecule has 1 aromatic heterocycles. The zero-order valence-electron chi connectivity index (χ0n) is 15.5. The van der Waals surface area contributed by atoms with Gasteiger partial charge in [0.25, 0.3) is 5.91 Å². The average molecular weight is 419 g/mol. The first kappa shape index (κ1) is 21.4. The number of carbonyl (C=O) groups is 2. The summed E-state index contributed by atoms with van der Waals surface area (Å²) < 4.78 is 28.5. The van der Waals surface area contributed by atoms with E-state index in [0.29, 0.717) is 18.8 Å². The van der Waals surface area contributed by atoms with E-state index < -0.39 is 27.8 Å².